The van der Waals surface area contributed by atoms with E-state index < -0.39 is 17.5 Å². The molecular formula is C15H16F2N4O. The highest BCUT2D eigenvalue weighted by Gasteiger charge is 2.13. The van der Waals surface area contributed by atoms with E-state index in [1.165, 1.54) is 18.5 Å². The van der Waals surface area contributed by atoms with Crippen LogP contribution in [0.25, 0.3) is 0 Å². The average Bonchev–Trinajstić information content (AvgIpc) is 2.42. The number of anilines is 2. The van der Waals surface area contributed by atoms with Crippen LogP contribution in [0.5, 0.6) is 0 Å². The largest absolute Gasteiger partial charge is 0.364 e. The Morgan fingerprint density at radius 2 is 1.82 bits per heavy atom. The molecule has 1 aromatic heterocycles. The molecule has 0 radical (unpaired) electrons. The van der Waals surface area contributed by atoms with Crippen molar-refractivity contribution in [3.05, 3.63) is 47.9 Å². The summed E-state index contributed by atoms with van der Waals surface area (Å²) < 4.78 is 25.9. The van der Waals surface area contributed by atoms with Crippen molar-refractivity contribution in [2.75, 3.05) is 10.6 Å². The Bertz CT molecular complexity index is 681. The molecule has 0 unspecified atom stereocenters. The predicted molar refractivity (Wildman–Crippen MR) is 79.7 cm³/mol. The summed E-state index contributed by atoms with van der Waals surface area (Å²) >= 11 is 0. The third-order valence-electron chi connectivity index (χ3n) is 2.57. The number of carbonyl (C=O) groups is 1. The highest BCUT2D eigenvalue weighted by molar-refractivity contribution is 6.02. The molecular weight excluding hydrogens is 290 g/mol. The van der Waals surface area contributed by atoms with Gasteiger partial charge in [0.1, 0.15) is 11.5 Å². The molecule has 0 bridgehead atoms. The average molecular weight is 306 g/mol. The minimum Gasteiger partial charge on any atom is -0.364 e. The number of amides is 1. The summed E-state index contributed by atoms with van der Waals surface area (Å²) in [6.45, 7) is 5.91. The zero-order valence-corrected chi connectivity index (χ0v) is 12.4. The molecule has 0 saturated carbocycles. The lowest BCUT2D eigenvalue weighted by atomic mass is 10.1. The van der Waals surface area contributed by atoms with Crippen LogP contribution in [0.4, 0.5) is 20.3 Å². The zero-order chi connectivity index (χ0) is 16.3. The molecule has 2 aromatic rings. The molecule has 1 aromatic carbocycles. The quantitative estimate of drug-likeness (QED) is 0.913. The topological polar surface area (TPSA) is 66.9 Å². The zero-order valence-electron chi connectivity index (χ0n) is 12.4. The second-order valence-corrected chi connectivity index (χ2v) is 5.74. The van der Waals surface area contributed by atoms with Crippen LogP contribution in [0.2, 0.25) is 0 Å². The third kappa shape index (κ3) is 4.21. The van der Waals surface area contributed by atoms with E-state index in [1.54, 1.807) is 0 Å². The van der Waals surface area contributed by atoms with Crippen LogP contribution in [0.15, 0.2) is 30.6 Å². The second kappa shape index (κ2) is 6.05. The van der Waals surface area contributed by atoms with Crippen LogP contribution in [0.1, 0.15) is 31.3 Å². The van der Waals surface area contributed by atoms with E-state index in [9.17, 15) is 13.6 Å². The fraction of sp³-hybridized carbons (Fsp3) is 0.267. The fourth-order valence-electron chi connectivity index (χ4n) is 1.66. The maximum absolute atomic E-state index is 13.1. The molecule has 0 saturated heterocycles. The first-order chi connectivity index (χ1) is 10.2. The molecule has 1 heterocycles. The standard InChI is InChI=1S/C15H16F2N4O/c1-15(2,3)21-13-8-18-12(7-19-13)14(22)20-9-4-5-10(16)11(17)6-9/h4-8H,1-3H3,(H,19,21)(H,20,22). The summed E-state index contributed by atoms with van der Waals surface area (Å²) in [4.78, 5) is 20.0. The van der Waals surface area contributed by atoms with Gasteiger partial charge in [0.2, 0.25) is 0 Å². The van der Waals surface area contributed by atoms with Gasteiger partial charge in [-0.2, -0.15) is 0 Å². The van der Waals surface area contributed by atoms with Gasteiger partial charge in [0.25, 0.3) is 5.91 Å². The van der Waals surface area contributed by atoms with Gasteiger partial charge in [0.15, 0.2) is 11.6 Å². The first-order valence-electron chi connectivity index (χ1n) is 6.61. The Labute approximate surface area is 126 Å². The smallest absolute Gasteiger partial charge is 0.275 e. The predicted octanol–water partition coefficient (Wildman–Crippen LogP) is 3.22. The normalized spacial score (nSPS) is 11.1. The van der Waals surface area contributed by atoms with Gasteiger partial charge in [-0.25, -0.2) is 18.7 Å². The number of rotatable bonds is 3. The number of halogens is 2. The first kappa shape index (κ1) is 15.8. The Hall–Kier alpha value is -2.57. The highest BCUT2D eigenvalue weighted by atomic mass is 19.2. The first-order valence-corrected chi connectivity index (χ1v) is 6.61. The van der Waals surface area contributed by atoms with Crippen molar-refractivity contribution >= 4 is 17.4 Å². The van der Waals surface area contributed by atoms with E-state index in [1.807, 2.05) is 20.8 Å². The third-order valence-corrected chi connectivity index (χ3v) is 2.57. The van der Waals surface area contributed by atoms with E-state index in [-0.39, 0.29) is 16.9 Å². The Morgan fingerprint density at radius 3 is 2.36 bits per heavy atom. The van der Waals surface area contributed by atoms with Crippen LogP contribution >= 0.6 is 0 Å². The van der Waals surface area contributed by atoms with Crippen molar-refractivity contribution in [2.45, 2.75) is 26.3 Å². The van der Waals surface area contributed by atoms with E-state index in [0.29, 0.717) is 5.82 Å². The number of aromatic nitrogens is 2. The maximum atomic E-state index is 13.1. The van der Waals surface area contributed by atoms with Crippen molar-refractivity contribution in [1.29, 1.82) is 0 Å². The SMILES string of the molecule is CC(C)(C)Nc1cnc(C(=O)Nc2ccc(F)c(F)c2)cn1. The molecule has 0 aliphatic rings. The molecule has 5 nitrogen and oxygen atoms in total. The van der Waals surface area contributed by atoms with E-state index in [2.05, 4.69) is 20.6 Å². The van der Waals surface area contributed by atoms with Crippen molar-refractivity contribution in [3.8, 4) is 0 Å². The molecule has 7 heteroatoms. The Kier molecular flexibility index (Phi) is 4.35. The molecule has 1 amide bonds. The van der Waals surface area contributed by atoms with E-state index >= 15 is 0 Å². The Balaban J connectivity index is 2.08. The van der Waals surface area contributed by atoms with Gasteiger partial charge in [-0.15, -0.1) is 0 Å². The van der Waals surface area contributed by atoms with Gasteiger partial charge in [0.05, 0.1) is 12.4 Å². The summed E-state index contributed by atoms with van der Waals surface area (Å²) in [6, 6.07) is 3.10. The number of carbonyl (C=O) groups excluding carboxylic acids is 1. The van der Waals surface area contributed by atoms with Crippen molar-refractivity contribution in [3.63, 3.8) is 0 Å². The van der Waals surface area contributed by atoms with Gasteiger partial charge in [-0.3, -0.25) is 4.79 Å². The van der Waals surface area contributed by atoms with Gasteiger partial charge in [0, 0.05) is 17.3 Å². The lowest BCUT2D eigenvalue weighted by Gasteiger charge is -2.20. The van der Waals surface area contributed by atoms with E-state index in [0.717, 1.165) is 12.1 Å². The molecule has 0 aliphatic heterocycles. The highest BCUT2D eigenvalue weighted by Crippen LogP contribution is 2.14. The number of nitrogens with zero attached hydrogens (tertiary/aromatic N) is 2. The number of nitrogens with one attached hydrogen (secondary N) is 2. The number of hydrogen-bond acceptors (Lipinski definition) is 4. The summed E-state index contributed by atoms with van der Waals surface area (Å²) in [5.74, 6) is -2.03. The van der Waals surface area contributed by atoms with Crippen LogP contribution in [-0.2, 0) is 0 Å². The second-order valence-electron chi connectivity index (χ2n) is 5.74. The minimum atomic E-state index is -1.03. The lowest BCUT2D eigenvalue weighted by molar-refractivity contribution is 0.102. The van der Waals surface area contributed by atoms with Crippen molar-refractivity contribution < 1.29 is 13.6 Å². The molecule has 22 heavy (non-hydrogen) atoms. The van der Waals surface area contributed by atoms with Crippen molar-refractivity contribution in [1.82, 2.24) is 9.97 Å². The molecule has 0 atom stereocenters. The summed E-state index contributed by atoms with van der Waals surface area (Å²) in [7, 11) is 0. The summed E-state index contributed by atoms with van der Waals surface area (Å²) in [6.07, 6.45) is 2.74. The van der Waals surface area contributed by atoms with Gasteiger partial charge >= 0.3 is 0 Å². The molecule has 116 valence electrons. The van der Waals surface area contributed by atoms with Crippen LogP contribution < -0.4 is 10.6 Å². The van der Waals surface area contributed by atoms with Crippen LogP contribution in [0.3, 0.4) is 0 Å². The molecule has 0 fully saturated rings. The van der Waals surface area contributed by atoms with Gasteiger partial charge in [-0.05, 0) is 32.9 Å². The molecule has 2 rings (SSSR count). The van der Waals surface area contributed by atoms with Gasteiger partial charge in [-0.1, -0.05) is 0 Å². The molecule has 0 aliphatic carbocycles. The van der Waals surface area contributed by atoms with Crippen LogP contribution in [-0.4, -0.2) is 21.4 Å². The summed E-state index contributed by atoms with van der Waals surface area (Å²) in [5.41, 5.74) is 0.0381. The number of benzene rings is 1. The maximum Gasteiger partial charge on any atom is 0.275 e. The monoisotopic (exact) mass is 306 g/mol. The van der Waals surface area contributed by atoms with Gasteiger partial charge < -0.3 is 10.6 Å². The van der Waals surface area contributed by atoms with Crippen molar-refractivity contribution in [2.24, 2.45) is 0 Å². The minimum absolute atomic E-state index is 0.0733. The summed E-state index contributed by atoms with van der Waals surface area (Å²) in [5, 5.41) is 5.54. The molecule has 2 N–H and O–H groups in total. The lowest BCUT2D eigenvalue weighted by Crippen LogP contribution is -2.27. The number of hydrogen-bond donors (Lipinski definition) is 2. The molecule has 0 spiro atoms. The van der Waals surface area contributed by atoms with Crippen LogP contribution in [0, 0.1) is 11.6 Å². The van der Waals surface area contributed by atoms with E-state index in [4.69, 9.17) is 0 Å². The Morgan fingerprint density at radius 1 is 1.09 bits per heavy atom. The fourth-order valence-corrected chi connectivity index (χ4v) is 1.66.